The summed E-state index contributed by atoms with van der Waals surface area (Å²) in [5, 5.41) is 0. The Labute approximate surface area is 119 Å². The van der Waals surface area contributed by atoms with Crippen molar-refractivity contribution in [3.63, 3.8) is 0 Å². The molecule has 5 nitrogen and oxygen atoms in total. The molecule has 1 atom stereocenters. The van der Waals surface area contributed by atoms with Crippen LogP contribution in [0.3, 0.4) is 0 Å². The second kappa shape index (κ2) is 5.83. The number of hydrogen-bond donors (Lipinski definition) is 0. The summed E-state index contributed by atoms with van der Waals surface area (Å²) in [6.07, 6.45) is 0.509. The van der Waals surface area contributed by atoms with Gasteiger partial charge in [-0.2, -0.15) is 0 Å². The lowest BCUT2D eigenvalue weighted by atomic mass is 10.2. The van der Waals surface area contributed by atoms with Gasteiger partial charge in [0.1, 0.15) is 5.75 Å². The number of likely N-dealkylation sites (N-methyl/N-ethyl adjacent to an activating group) is 1. The molecule has 0 bridgehead atoms. The van der Waals surface area contributed by atoms with Gasteiger partial charge in [-0.05, 0) is 31.0 Å². The SMILES string of the molecule is Cc1cccc(OCC(=O)N(C)C2CCS(=O)(=O)C2)c1. The van der Waals surface area contributed by atoms with E-state index >= 15 is 0 Å². The van der Waals surface area contributed by atoms with E-state index in [0.717, 1.165) is 5.56 Å². The van der Waals surface area contributed by atoms with Crippen LogP contribution in [0.2, 0.25) is 0 Å². The highest BCUT2D eigenvalue weighted by Gasteiger charge is 2.32. The third-order valence-corrected chi connectivity index (χ3v) is 5.25. The summed E-state index contributed by atoms with van der Waals surface area (Å²) in [5.41, 5.74) is 1.06. The lowest BCUT2D eigenvalue weighted by Gasteiger charge is -2.23. The topological polar surface area (TPSA) is 63.7 Å². The minimum absolute atomic E-state index is 0.0552. The normalized spacial score (nSPS) is 20.6. The number of ether oxygens (including phenoxy) is 1. The van der Waals surface area contributed by atoms with Crippen LogP contribution in [0.5, 0.6) is 5.75 Å². The molecule has 0 radical (unpaired) electrons. The molecule has 0 saturated carbocycles. The molecule has 1 aromatic rings. The van der Waals surface area contributed by atoms with Crippen LogP contribution in [-0.4, -0.2) is 50.4 Å². The first-order valence-electron chi connectivity index (χ1n) is 6.53. The van der Waals surface area contributed by atoms with E-state index in [1.54, 1.807) is 13.1 Å². The Morgan fingerprint density at radius 3 is 2.80 bits per heavy atom. The smallest absolute Gasteiger partial charge is 0.260 e. The first kappa shape index (κ1) is 14.8. The number of benzene rings is 1. The van der Waals surface area contributed by atoms with Crippen molar-refractivity contribution in [2.24, 2.45) is 0 Å². The molecule has 2 rings (SSSR count). The molecular weight excluding hydrogens is 278 g/mol. The fourth-order valence-corrected chi connectivity index (χ4v) is 4.01. The molecule has 110 valence electrons. The predicted octanol–water partition coefficient (Wildman–Crippen LogP) is 1.02. The molecular formula is C14H19NO4S. The van der Waals surface area contributed by atoms with E-state index in [9.17, 15) is 13.2 Å². The highest BCUT2D eigenvalue weighted by Crippen LogP contribution is 2.17. The van der Waals surface area contributed by atoms with Crippen LogP contribution in [0.15, 0.2) is 24.3 Å². The van der Waals surface area contributed by atoms with E-state index in [4.69, 9.17) is 4.74 Å². The van der Waals surface area contributed by atoms with Gasteiger partial charge in [0, 0.05) is 13.1 Å². The van der Waals surface area contributed by atoms with Gasteiger partial charge >= 0.3 is 0 Å². The maximum absolute atomic E-state index is 12.0. The van der Waals surface area contributed by atoms with E-state index in [1.807, 2.05) is 25.1 Å². The fourth-order valence-electron chi connectivity index (χ4n) is 2.24. The first-order chi connectivity index (χ1) is 9.37. The van der Waals surface area contributed by atoms with Gasteiger partial charge in [-0.1, -0.05) is 12.1 Å². The van der Waals surface area contributed by atoms with E-state index in [0.29, 0.717) is 12.2 Å². The Balaban J connectivity index is 1.89. The summed E-state index contributed by atoms with van der Waals surface area (Å²) >= 11 is 0. The van der Waals surface area contributed by atoms with Gasteiger partial charge in [0.25, 0.3) is 5.91 Å². The molecule has 1 fully saturated rings. The van der Waals surface area contributed by atoms with Crippen molar-refractivity contribution < 1.29 is 17.9 Å². The fraction of sp³-hybridized carbons (Fsp3) is 0.500. The van der Waals surface area contributed by atoms with Crippen LogP contribution in [0.1, 0.15) is 12.0 Å². The summed E-state index contributed by atoms with van der Waals surface area (Å²) in [5.74, 6) is 0.660. The standard InChI is InChI=1S/C14H19NO4S/c1-11-4-3-5-13(8-11)19-9-14(16)15(2)12-6-7-20(17,18)10-12/h3-5,8,12H,6-7,9-10H2,1-2H3. The third kappa shape index (κ3) is 3.72. The molecule has 6 heteroatoms. The molecule has 1 heterocycles. The highest BCUT2D eigenvalue weighted by atomic mass is 32.2. The van der Waals surface area contributed by atoms with Crippen LogP contribution >= 0.6 is 0 Å². The Kier molecular flexibility index (Phi) is 4.32. The Hall–Kier alpha value is -1.56. The number of amides is 1. The molecule has 1 unspecified atom stereocenters. The first-order valence-corrected chi connectivity index (χ1v) is 8.35. The molecule has 0 spiro atoms. The van der Waals surface area contributed by atoms with Gasteiger partial charge in [0.05, 0.1) is 11.5 Å². The molecule has 0 N–H and O–H groups in total. The summed E-state index contributed by atoms with van der Waals surface area (Å²) in [7, 11) is -1.35. The number of carbonyl (C=O) groups is 1. The zero-order valence-corrected chi connectivity index (χ0v) is 12.5. The summed E-state index contributed by atoms with van der Waals surface area (Å²) in [6, 6.07) is 7.23. The van der Waals surface area contributed by atoms with Gasteiger partial charge in [-0.15, -0.1) is 0 Å². The van der Waals surface area contributed by atoms with Gasteiger partial charge in [0.2, 0.25) is 0 Å². The predicted molar refractivity (Wildman–Crippen MR) is 76.5 cm³/mol. The summed E-state index contributed by atoms with van der Waals surface area (Å²) in [4.78, 5) is 13.5. The lowest BCUT2D eigenvalue weighted by Crippen LogP contribution is -2.40. The van der Waals surface area contributed by atoms with Gasteiger partial charge in [-0.25, -0.2) is 8.42 Å². The maximum atomic E-state index is 12.0. The monoisotopic (exact) mass is 297 g/mol. The number of aryl methyl sites for hydroxylation is 1. The van der Waals surface area contributed by atoms with E-state index in [1.165, 1.54) is 4.90 Å². The second-order valence-corrected chi connectivity index (χ2v) is 7.40. The van der Waals surface area contributed by atoms with Crippen molar-refractivity contribution in [1.82, 2.24) is 4.90 Å². The number of nitrogens with zero attached hydrogens (tertiary/aromatic N) is 1. The summed E-state index contributed by atoms with van der Waals surface area (Å²) in [6.45, 7) is 1.88. The Morgan fingerprint density at radius 1 is 1.45 bits per heavy atom. The maximum Gasteiger partial charge on any atom is 0.260 e. The van der Waals surface area contributed by atoms with E-state index < -0.39 is 9.84 Å². The van der Waals surface area contributed by atoms with E-state index in [2.05, 4.69) is 0 Å². The number of sulfone groups is 1. The number of carbonyl (C=O) groups excluding carboxylic acids is 1. The van der Waals surface area contributed by atoms with Crippen LogP contribution < -0.4 is 4.74 Å². The van der Waals surface area contributed by atoms with Crippen molar-refractivity contribution in [3.05, 3.63) is 29.8 Å². The van der Waals surface area contributed by atoms with Crippen molar-refractivity contribution in [2.45, 2.75) is 19.4 Å². The largest absolute Gasteiger partial charge is 0.484 e. The van der Waals surface area contributed by atoms with Crippen molar-refractivity contribution in [2.75, 3.05) is 25.2 Å². The van der Waals surface area contributed by atoms with Crippen LogP contribution in [-0.2, 0) is 14.6 Å². The number of hydrogen-bond acceptors (Lipinski definition) is 4. The molecule has 1 aliphatic rings. The molecule has 0 aliphatic carbocycles. The molecule has 20 heavy (non-hydrogen) atoms. The molecule has 1 amide bonds. The number of rotatable bonds is 4. The minimum atomic E-state index is -2.98. The van der Waals surface area contributed by atoms with Crippen molar-refractivity contribution in [3.8, 4) is 5.75 Å². The van der Waals surface area contributed by atoms with Crippen LogP contribution in [0.25, 0.3) is 0 Å². The average Bonchev–Trinajstić information content (AvgIpc) is 2.75. The molecule has 1 aromatic carbocycles. The molecule has 1 aliphatic heterocycles. The zero-order valence-electron chi connectivity index (χ0n) is 11.7. The zero-order chi connectivity index (χ0) is 14.8. The average molecular weight is 297 g/mol. The third-order valence-electron chi connectivity index (χ3n) is 3.50. The lowest BCUT2D eigenvalue weighted by molar-refractivity contribution is -0.133. The summed E-state index contributed by atoms with van der Waals surface area (Å²) < 4.78 is 28.3. The van der Waals surface area contributed by atoms with Gasteiger partial charge in [-0.3, -0.25) is 4.79 Å². The Bertz CT molecular complexity index is 597. The second-order valence-electron chi connectivity index (χ2n) is 5.17. The quantitative estimate of drug-likeness (QED) is 0.832. The van der Waals surface area contributed by atoms with Gasteiger partial charge < -0.3 is 9.64 Å². The Morgan fingerprint density at radius 2 is 2.20 bits per heavy atom. The van der Waals surface area contributed by atoms with Gasteiger partial charge in [0.15, 0.2) is 16.4 Å². The van der Waals surface area contributed by atoms with Crippen LogP contribution in [0.4, 0.5) is 0 Å². The minimum Gasteiger partial charge on any atom is -0.484 e. The molecule has 1 saturated heterocycles. The van der Waals surface area contributed by atoms with Crippen molar-refractivity contribution in [1.29, 1.82) is 0 Å². The molecule has 0 aromatic heterocycles. The van der Waals surface area contributed by atoms with E-state index in [-0.39, 0.29) is 30.1 Å². The highest BCUT2D eigenvalue weighted by molar-refractivity contribution is 7.91. The van der Waals surface area contributed by atoms with Crippen molar-refractivity contribution >= 4 is 15.7 Å². The van der Waals surface area contributed by atoms with Crippen LogP contribution in [0, 0.1) is 6.92 Å².